The number of amidine groups is 1. The normalized spacial score (nSPS) is 21.2. The molecule has 0 amide bonds. The molecule has 98 valence electrons. The molecule has 0 radical (unpaired) electrons. The zero-order valence-electron chi connectivity index (χ0n) is 12.0. The molecule has 3 heteroatoms. The molecule has 2 aliphatic rings. The maximum absolute atomic E-state index is 4.68. The van der Waals surface area contributed by atoms with Crippen molar-refractivity contribution in [2.24, 2.45) is 10.9 Å². The summed E-state index contributed by atoms with van der Waals surface area (Å²) in [5.74, 6) is 1.80. The summed E-state index contributed by atoms with van der Waals surface area (Å²) in [7, 11) is 2.05. The third kappa shape index (κ3) is 2.71. The maximum Gasteiger partial charge on any atom is 0.211 e. The van der Waals surface area contributed by atoms with E-state index >= 15 is 0 Å². The monoisotopic (exact) mass is 246 g/mol. The smallest absolute Gasteiger partial charge is 0.211 e. The Bertz CT molecular complexity index is 441. The third-order valence-electron chi connectivity index (χ3n) is 3.80. The third-order valence-corrected chi connectivity index (χ3v) is 3.80. The first kappa shape index (κ1) is 13.1. The minimum Gasteiger partial charge on any atom is -0.295 e. The fourth-order valence-electron chi connectivity index (χ4n) is 2.32. The Morgan fingerprint density at radius 2 is 2.28 bits per heavy atom. The van der Waals surface area contributed by atoms with E-state index in [-0.39, 0.29) is 0 Å². The van der Waals surface area contributed by atoms with Gasteiger partial charge in [0.2, 0.25) is 6.21 Å². The molecule has 0 spiro atoms. The van der Waals surface area contributed by atoms with Gasteiger partial charge in [0.05, 0.1) is 6.20 Å². The molecule has 2 aliphatic heterocycles. The van der Waals surface area contributed by atoms with E-state index in [1.807, 2.05) is 7.05 Å². The second-order valence-corrected chi connectivity index (χ2v) is 5.40. The van der Waals surface area contributed by atoms with Crippen molar-refractivity contribution < 1.29 is 4.58 Å². The zero-order chi connectivity index (χ0) is 13.1. The standard InChI is InChI=1S/C15H24N3/c1-5-12(2)10-14-13(3)6-7-16-15-11-17(4)8-9-18(14)15/h8-9,11-12H,5-7,10H2,1-4H3/q+1. The second kappa shape index (κ2) is 5.51. The van der Waals surface area contributed by atoms with Crippen LogP contribution in [0.25, 0.3) is 0 Å². The van der Waals surface area contributed by atoms with Crippen molar-refractivity contribution in [1.82, 2.24) is 4.90 Å². The predicted octanol–water partition coefficient (Wildman–Crippen LogP) is 3.00. The molecule has 0 aromatic heterocycles. The molecule has 0 aromatic carbocycles. The number of nitrogens with zero attached hydrogens (tertiary/aromatic N) is 3. The van der Waals surface area contributed by atoms with Crippen molar-refractivity contribution in [1.29, 1.82) is 0 Å². The largest absolute Gasteiger partial charge is 0.295 e. The summed E-state index contributed by atoms with van der Waals surface area (Å²) >= 11 is 0. The van der Waals surface area contributed by atoms with Gasteiger partial charge in [-0.3, -0.25) is 9.89 Å². The van der Waals surface area contributed by atoms with Crippen LogP contribution in [0.15, 0.2) is 28.7 Å². The van der Waals surface area contributed by atoms with Crippen LogP contribution in [0.5, 0.6) is 0 Å². The Labute approximate surface area is 110 Å². The van der Waals surface area contributed by atoms with Crippen LogP contribution in [-0.4, -0.2) is 35.1 Å². The zero-order valence-corrected chi connectivity index (χ0v) is 12.0. The Kier molecular flexibility index (Phi) is 4.00. The van der Waals surface area contributed by atoms with E-state index in [9.17, 15) is 0 Å². The van der Waals surface area contributed by atoms with Gasteiger partial charge in [-0.25, -0.2) is 4.58 Å². The van der Waals surface area contributed by atoms with Crippen LogP contribution in [-0.2, 0) is 0 Å². The molecule has 0 bridgehead atoms. The van der Waals surface area contributed by atoms with Crippen molar-refractivity contribution in [3.63, 3.8) is 0 Å². The molecule has 0 saturated heterocycles. The maximum atomic E-state index is 4.68. The fourth-order valence-corrected chi connectivity index (χ4v) is 2.32. The number of hydrogen-bond donors (Lipinski definition) is 0. The molecular formula is C15H24N3+. The van der Waals surface area contributed by atoms with Gasteiger partial charge in [-0.15, -0.1) is 0 Å². The highest BCUT2D eigenvalue weighted by molar-refractivity contribution is 6.28. The summed E-state index contributed by atoms with van der Waals surface area (Å²) in [5, 5.41) is 0. The lowest BCUT2D eigenvalue weighted by Crippen LogP contribution is -2.32. The van der Waals surface area contributed by atoms with Gasteiger partial charge in [0.15, 0.2) is 12.0 Å². The first-order valence-corrected chi connectivity index (χ1v) is 6.89. The van der Waals surface area contributed by atoms with E-state index in [1.54, 1.807) is 0 Å². The van der Waals surface area contributed by atoms with E-state index in [1.165, 1.54) is 17.7 Å². The summed E-state index contributed by atoms with van der Waals surface area (Å²) in [5.41, 5.74) is 2.93. The molecule has 2 heterocycles. The van der Waals surface area contributed by atoms with E-state index < -0.39 is 0 Å². The van der Waals surface area contributed by atoms with Crippen LogP contribution in [0.1, 0.15) is 40.0 Å². The molecule has 0 aromatic rings. The Morgan fingerprint density at radius 3 is 3.00 bits per heavy atom. The predicted molar refractivity (Wildman–Crippen MR) is 76.9 cm³/mol. The van der Waals surface area contributed by atoms with Gasteiger partial charge < -0.3 is 0 Å². The van der Waals surface area contributed by atoms with Gasteiger partial charge in [-0.2, -0.15) is 0 Å². The van der Waals surface area contributed by atoms with Gasteiger partial charge in [-0.1, -0.05) is 25.8 Å². The van der Waals surface area contributed by atoms with Crippen molar-refractivity contribution in [2.45, 2.75) is 40.0 Å². The van der Waals surface area contributed by atoms with Gasteiger partial charge in [-0.05, 0) is 25.7 Å². The fraction of sp³-hybridized carbons (Fsp3) is 0.600. The summed E-state index contributed by atoms with van der Waals surface area (Å²) in [6.45, 7) is 7.74. The molecule has 0 N–H and O–H groups in total. The second-order valence-electron chi connectivity index (χ2n) is 5.40. The lowest BCUT2D eigenvalue weighted by molar-refractivity contribution is -0.417. The van der Waals surface area contributed by atoms with Crippen molar-refractivity contribution in [3.05, 3.63) is 23.7 Å². The summed E-state index contributed by atoms with van der Waals surface area (Å²) in [6.07, 6.45) is 9.79. The van der Waals surface area contributed by atoms with Gasteiger partial charge >= 0.3 is 0 Å². The van der Waals surface area contributed by atoms with Crippen molar-refractivity contribution in [3.8, 4) is 0 Å². The average molecular weight is 246 g/mol. The molecule has 18 heavy (non-hydrogen) atoms. The number of allylic oxidation sites excluding steroid dienone is 1. The SMILES string of the molecule is CCC(C)CC1=C(C)CCN=C2C=[N+](C)C=CN21. The quantitative estimate of drug-likeness (QED) is 0.700. The van der Waals surface area contributed by atoms with Crippen LogP contribution in [0.2, 0.25) is 0 Å². The number of fused-ring (bicyclic) bond motifs is 1. The minimum absolute atomic E-state index is 0.724. The highest BCUT2D eigenvalue weighted by atomic mass is 15.2. The molecular weight excluding hydrogens is 222 g/mol. The molecule has 2 rings (SSSR count). The number of aliphatic imine (C=N–C) groups is 1. The van der Waals surface area contributed by atoms with Crippen molar-refractivity contribution in [2.75, 3.05) is 13.6 Å². The van der Waals surface area contributed by atoms with Gasteiger partial charge in [0, 0.05) is 12.2 Å². The summed E-state index contributed by atoms with van der Waals surface area (Å²) in [4.78, 5) is 6.95. The van der Waals surface area contributed by atoms with E-state index in [2.05, 4.69) is 53.9 Å². The van der Waals surface area contributed by atoms with Crippen LogP contribution >= 0.6 is 0 Å². The van der Waals surface area contributed by atoms with Gasteiger partial charge in [0.25, 0.3) is 0 Å². The molecule has 0 fully saturated rings. The molecule has 1 unspecified atom stereocenters. The molecule has 3 nitrogen and oxygen atoms in total. The number of hydrogen-bond acceptors (Lipinski definition) is 2. The Hall–Kier alpha value is -1.38. The lowest BCUT2D eigenvalue weighted by Gasteiger charge is -2.26. The Balaban J connectivity index is 2.30. The van der Waals surface area contributed by atoms with Crippen LogP contribution in [0, 0.1) is 5.92 Å². The highest BCUT2D eigenvalue weighted by Crippen LogP contribution is 2.26. The Morgan fingerprint density at radius 1 is 1.50 bits per heavy atom. The first-order chi connectivity index (χ1) is 8.61. The van der Waals surface area contributed by atoms with E-state index in [0.29, 0.717) is 0 Å². The van der Waals surface area contributed by atoms with E-state index in [4.69, 9.17) is 0 Å². The van der Waals surface area contributed by atoms with Crippen molar-refractivity contribution >= 4 is 12.1 Å². The minimum atomic E-state index is 0.724. The molecule has 0 saturated carbocycles. The van der Waals surface area contributed by atoms with Crippen LogP contribution < -0.4 is 0 Å². The lowest BCUT2D eigenvalue weighted by atomic mass is 9.98. The highest BCUT2D eigenvalue weighted by Gasteiger charge is 2.24. The van der Waals surface area contributed by atoms with Crippen LogP contribution in [0.4, 0.5) is 0 Å². The first-order valence-electron chi connectivity index (χ1n) is 6.89. The van der Waals surface area contributed by atoms with E-state index in [0.717, 1.165) is 31.1 Å². The summed E-state index contributed by atoms with van der Waals surface area (Å²) < 4.78 is 2.07. The number of rotatable bonds is 3. The molecule has 0 aliphatic carbocycles. The molecule has 1 atom stereocenters. The topological polar surface area (TPSA) is 18.6 Å². The average Bonchev–Trinajstić information content (AvgIpc) is 2.49. The van der Waals surface area contributed by atoms with Crippen LogP contribution in [0.3, 0.4) is 0 Å². The van der Waals surface area contributed by atoms with Gasteiger partial charge in [0.1, 0.15) is 7.05 Å². The summed E-state index contributed by atoms with van der Waals surface area (Å²) in [6, 6.07) is 0.